The number of hydrogen-bond donors (Lipinski definition) is 0. The van der Waals surface area contributed by atoms with Gasteiger partial charge in [0.2, 0.25) is 0 Å². The first-order valence-corrected chi connectivity index (χ1v) is 7.90. The number of halogens is 6. The van der Waals surface area contributed by atoms with Crippen LogP contribution in [0.25, 0.3) is 0 Å². The minimum absolute atomic E-state index is 0.0193. The number of nitrogens with zero attached hydrogens (tertiary/aromatic N) is 1. The fourth-order valence-corrected chi connectivity index (χ4v) is 2.59. The molecular weight excluding hydrogens is 380 g/mol. The number of benzene rings is 1. The Kier molecular flexibility index (Phi) is 5.02. The van der Waals surface area contributed by atoms with Crippen molar-refractivity contribution in [1.29, 1.82) is 0 Å². The molecule has 0 aliphatic heterocycles. The third-order valence-electron chi connectivity index (χ3n) is 3.99. The summed E-state index contributed by atoms with van der Waals surface area (Å²) in [6, 6.07) is 2.25. The summed E-state index contributed by atoms with van der Waals surface area (Å²) >= 11 is 0. The molecule has 146 valence electrons. The van der Waals surface area contributed by atoms with Gasteiger partial charge in [0.15, 0.2) is 11.5 Å². The lowest BCUT2D eigenvalue weighted by Crippen LogP contribution is -2.18. The van der Waals surface area contributed by atoms with Crippen LogP contribution in [0, 0.1) is 0 Å². The van der Waals surface area contributed by atoms with Crippen LogP contribution in [0.2, 0.25) is 0 Å². The highest BCUT2D eigenvalue weighted by Crippen LogP contribution is 2.42. The van der Waals surface area contributed by atoms with Crippen LogP contribution in [0.4, 0.5) is 26.3 Å². The Bertz CT molecular complexity index is 836. The zero-order chi connectivity index (χ0) is 19.8. The summed E-state index contributed by atoms with van der Waals surface area (Å²) in [7, 11) is 0. The van der Waals surface area contributed by atoms with E-state index in [4.69, 9.17) is 4.52 Å². The van der Waals surface area contributed by atoms with E-state index < -0.39 is 36.9 Å². The molecular formula is C17H13F6NO3. The Hall–Kier alpha value is -2.36. The number of rotatable bonds is 6. The lowest BCUT2D eigenvalue weighted by molar-refractivity contribution is -0.176. The van der Waals surface area contributed by atoms with Gasteiger partial charge in [-0.25, -0.2) is 0 Å². The van der Waals surface area contributed by atoms with Crippen molar-refractivity contribution in [2.45, 2.75) is 37.7 Å². The van der Waals surface area contributed by atoms with Gasteiger partial charge in [0.1, 0.15) is 6.61 Å². The lowest BCUT2D eigenvalue weighted by atomic mass is 9.96. The fraction of sp³-hybridized carbons (Fsp3) is 0.412. The molecule has 0 bridgehead atoms. The molecule has 0 spiro atoms. The molecule has 1 aromatic heterocycles. The van der Waals surface area contributed by atoms with Crippen LogP contribution in [0.15, 0.2) is 28.9 Å². The van der Waals surface area contributed by atoms with E-state index in [-0.39, 0.29) is 22.6 Å². The van der Waals surface area contributed by atoms with Gasteiger partial charge in [0.05, 0.1) is 23.9 Å². The molecule has 0 saturated heterocycles. The highest BCUT2D eigenvalue weighted by Gasteiger charge is 2.35. The second-order valence-electron chi connectivity index (χ2n) is 6.18. The Labute approximate surface area is 149 Å². The van der Waals surface area contributed by atoms with Gasteiger partial charge < -0.3 is 9.26 Å². The first-order valence-electron chi connectivity index (χ1n) is 7.90. The van der Waals surface area contributed by atoms with E-state index in [0.29, 0.717) is 17.9 Å². The number of ether oxygens (including phenoxy) is 1. The topological polar surface area (TPSA) is 52.3 Å². The molecule has 1 saturated carbocycles. The maximum Gasteiger partial charge on any atom is 0.416 e. The van der Waals surface area contributed by atoms with Gasteiger partial charge in [-0.2, -0.15) is 26.3 Å². The summed E-state index contributed by atoms with van der Waals surface area (Å²) in [5.74, 6) is -0.314. The van der Waals surface area contributed by atoms with Crippen molar-refractivity contribution >= 4 is 5.78 Å². The van der Waals surface area contributed by atoms with Crippen molar-refractivity contribution < 1.29 is 40.4 Å². The normalized spacial score (nSPS) is 15.2. The molecule has 1 fully saturated rings. The SMILES string of the molecule is O=C(c1ccc(C(F)(F)F)cc1COCC(F)(F)F)c1cnoc1C1CC1. The third kappa shape index (κ3) is 4.68. The molecule has 0 atom stereocenters. The van der Waals surface area contributed by atoms with Gasteiger partial charge in [-0.1, -0.05) is 11.2 Å². The van der Waals surface area contributed by atoms with Crippen LogP contribution in [-0.4, -0.2) is 23.7 Å². The molecule has 10 heteroatoms. The van der Waals surface area contributed by atoms with Gasteiger partial charge in [-0.3, -0.25) is 4.79 Å². The van der Waals surface area contributed by atoms with E-state index in [1.807, 2.05) is 0 Å². The molecule has 1 aliphatic rings. The maximum atomic E-state index is 12.9. The van der Waals surface area contributed by atoms with Gasteiger partial charge in [0, 0.05) is 11.5 Å². The minimum atomic E-state index is -4.71. The Balaban J connectivity index is 1.92. The average molecular weight is 393 g/mol. The quantitative estimate of drug-likeness (QED) is 0.519. The minimum Gasteiger partial charge on any atom is -0.367 e. The predicted octanol–water partition coefficient (Wildman–Crippen LogP) is 4.88. The zero-order valence-electron chi connectivity index (χ0n) is 13.7. The number of ketones is 1. The second kappa shape index (κ2) is 6.99. The van der Waals surface area contributed by atoms with E-state index in [9.17, 15) is 31.1 Å². The van der Waals surface area contributed by atoms with Crippen molar-refractivity contribution in [3.8, 4) is 0 Å². The second-order valence-corrected chi connectivity index (χ2v) is 6.18. The Morgan fingerprint density at radius 3 is 2.44 bits per heavy atom. The standard InChI is InChI=1S/C17H13F6NO3/c18-16(19,20)8-26-7-10-5-11(17(21,22)23)3-4-12(10)14(25)13-6-24-27-15(13)9-1-2-9/h3-6,9H,1-2,7-8H2. The fourth-order valence-electron chi connectivity index (χ4n) is 2.59. The van der Waals surface area contributed by atoms with E-state index in [0.717, 1.165) is 25.1 Å². The summed E-state index contributed by atoms with van der Waals surface area (Å²) in [6.45, 7) is -2.44. The first kappa shape index (κ1) is 19.4. The summed E-state index contributed by atoms with van der Waals surface area (Å²) in [6.07, 6.45) is -6.60. The number of carbonyl (C=O) groups excluding carboxylic acids is 1. The van der Waals surface area contributed by atoms with Crippen LogP contribution < -0.4 is 0 Å². The van der Waals surface area contributed by atoms with Crippen molar-refractivity contribution in [2.24, 2.45) is 0 Å². The van der Waals surface area contributed by atoms with Crippen molar-refractivity contribution in [2.75, 3.05) is 6.61 Å². The lowest BCUT2D eigenvalue weighted by Gasteiger charge is -2.14. The van der Waals surface area contributed by atoms with Crippen LogP contribution in [0.3, 0.4) is 0 Å². The Morgan fingerprint density at radius 2 is 1.85 bits per heavy atom. The van der Waals surface area contributed by atoms with E-state index >= 15 is 0 Å². The van der Waals surface area contributed by atoms with Crippen LogP contribution in [-0.2, 0) is 17.5 Å². The van der Waals surface area contributed by atoms with Gasteiger partial charge in [-0.15, -0.1) is 0 Å². The monoisotopic (exact) mass is 393 g/mol. The van der Waals surface area contributed by atoms with Crippen LogP contribution in [0.5, 0.6) is 0 Å². The first-order chi connectivity index (χ1) is 12.6. The van der Waals surface area contributed by atoms with Crippen molar-refractivity contribution in [1.82, 2.24) is 5.16 Å². The average Bonchev–Trinajstić information content (AvgIpc) is 3.29. The highest BCUT2D eigenvalue weighted by molar-refractivity contribution is 6.10. The molecule has 4 nitrogen and oxygen atoms in total. The molecule has 0 amide bonds. The molecule has 0 unspecified atom stereocenters. The number of hydrogen-bond acceptors (Lipinski definition) is 4. The molecule has 1 aromatic carbocycles. The maximum absolute atomic E-state index is 12.9. The smallest absolute Gasteiger partial charge is 0.367 e. The molecule has 0 radical (unpaired) electrons. The van der Waals surface area contributed by atoms with E-state index in [1.54, 1.807) is 0 Å². The van der Waals surface area contributed by atoms with Crippen LogP contribution >= 0.6 is 0 Å². The molecule has 1 aliphatic carbocycles. The third-order valence-corrected chi connectivity index (χ3v) is 3.99. The molecule has 2 aromatic rings. The van der Waals surface area contributed by atoms with Crippen LogP contribution in [0.1, 0.15) is 51.6 Å². The van der Waals surface area contributed by atoms with Gasteiger partial charge in [-0.05, 0) is 30.5 Å². The summed E-state index contributed by atoms with van der Waals surface area (Å²) in [4.78, 5) is 12.7. The predicted molar refractivity (Wildman–Crippen MR) is 79.1 cm³/mol. The Morgan fingerprint density at radius 1 is 1.15 bits per heavy atom. The molecule has 3 rings (SSSR count). The number of alkyl halides is 6. The zero-order valence-corrected chi connectivity index (χ0v) is 13.7. The van der Waals surface area contributed by atoms with E-state index in [2.05, 4.69) is 9.89 Å². The van der Waals surface area contributed by atoms with Crippen molar-refractivity contribution in [3.63, 3.8) is 0 Å². The van der Waals surface area contributed by atoms with E-state index in [1.165, 1.54) is 0 Å². The number of aromatic nitrogens is 1. The molecule has 0 N–H and O–H groups in total. The number of carbonyl (C=O) groups is 1. The summed E-state index contributed by atoms with van der Waals surface area (Å²) in [5, 5.41) is 3.56. The molecule has 27 heavy (non-hydrogen) atoms. The summed E-state index contributed by atoms with van der Waals surface area (Å²) in [5.41, 5.74) is -1.47. The van der Waals surface area contributed by atoms with Gasteiger partial charge >= 0.3 is 12.4 Å². The van der Waals surface area contributed by atoms with Crippen molar-refractivity contribution in [3.05, 3.63) is 52.4 Å². The largest absolute Gasteiger partial charge is 0.416 e. The summed E-state index contributed by atoms with van der Waals surface area (Å²) < 4.78 is 85.1. The highest BCUT2D eigenvalue weighted by atomic mass is 19.4. The van der Waals surface area contributed by atoms with Gasteiger partial charge in [0.25, 0.3) is 0 Å². The molecule has 1 heterocycles.